The molecule has 0 aliphatic carbocycles. The van der Waals surface area contributed by atoms with Gasteiger partial charge in [-0.2, -0.15) is 0 Å². The fourth-order valence-electron chi connectivity index (χ4n) is 0.747. The number of nitrogens with zero attached hydrogens (tertiary/aromatic N) is 1. The van der Waals surface area contributed by atoms with Gasteiger partial charge in [0, 0.05) is 6.54 Å². The third kappa shape index (κ3) is 5.53. The third-order valence-corrected chi connectivity index (χ3v) is 0.981. The molecule has 0 aromatic rings. The van der Waals surface area contributed by atoms with E-state index < -0.39 is 12.1 Å². The maximum atomic E-state index is 10.1. The number of carboxylic acids is 1. The number of likely N-dealkylation sites (N-methyl/N-ethyl adjacent to an activating group) is 1. The van der Waals surface area contributed by atoms with E-state index in [1.165, 1.54) is 0 Å². The van der Waals surface area contributed by atoms with E-state index in [0.29, 0.717) is 6.54 Å². The first-order valence-corrected chi connectivity index (χ1v) is 3.10. The van der Waals surface area contributed by atoms with E-state index in [9.17, 15) is 4.79 Å². The first-order chi connectivity index (χ1) is 4.52. The predicted octanol–water partition coefficient (Wildman–Crippen LogP) is -0.616. The van der Waals surface area contributed by atoms with E-state index in [0.717, 1.165) is 0 Å². The lowest BCUT2D eigenvalue weighted by Gasteiger charge is -2.14. The second kappa shape index (κ2) is 4.24. The number of carbonyl (C=O) groups is 1. The quantitative estimate of drug-likeness (QED) is 0.556. The van der Waals surface area contributed by atoms with Crippen molar-refractivity contribution in [2.24, 2.45) is 0 Å². The van der Waals surface area contributed by atoms with Gasteiger partial charge in [0.05, 0.1) is 12.6 Å². The van der Waals surface area contributed by atoms with Gasteiger partial charge in [0.2, 0.25) is 0 Å². The Labute approximate surface area is 60.1 Å². The Hall–Kier alpha value is -0.610. The minimum Gasteiger partial charge on any atom is -0.480 e. The van der Waals surface area contributed by atoms with Gasteiger partial charge in [-0.05, 0) is 14.0 Å². The molecular weight excluding hydrogens is 134 g/mol. The molecule has 2 N–H and O–H groups in total. The molecule has 0 heterocycles. The van der Waals surface area contributed by atoms with Crippen molar-refractivity contribution in [3.63, 3.8) is 0 Å². The summed E-state index contributed by atoms with van der Waals surface area (Å²) in [4.78, 5) is 11.6. The summed E-state index contributed by atoms with van der Waals surface area (Å²) in [6, 6.07) is 0. The van der Waals surface area contributed by atoms with Crippen molar-refractivity contribution in [1.29, 1.82) is 0 Å². The molecule has 0 amide bonds. The summed E-state index contributed by atoms with van der Waals surface area (Å²) in [7, 11) is 1.65. The van der Waals surface area contributed by atoms with E-state index in [4.69, 9.17) is 10.2 Å². The predicted molar refractivity (Wildman–Crippen MR) is 36.8 cm³/mol. The lowest BCUT2D eigenvalue weighted by Crippen LogP contribution is -2.31. The largest absolute Gasteiger partial charge is 0.480 e. The van der Waals surface area contributed by atoms with Gasteiger partial charge < -0.3 is 10.2 Å². The van der Waals surface area contributed by atoms with Crippen LogP contribution >= 0.6 is 0 Å². The van der Waals surface area contributed by atoms with Crippen molar-refractivity contribution in [2.75, 3.05) is 20.1 Å². The Morgan fingerprint density at radius 2 is 2.20 bits per heavy atom. The normalized spacial score (nSPS) is 13.6. The van der Waals surface area contributed by atoms with Gasteiger partial charge in [-0.3, -0.25) is 9.69 Å². The summed E-state index contributed by atoms with van der Waals surface area (Å²) in [6.07, 6.45) is -0.468. The second-order valence-electron chi connectivity index (χ2n) is 2.44. The number of hydrogen-bond donors (Lipinski definition) is 2. The molecule has 0 saturated heterocycles. The highest BCUT2D eigenvalue weighted by atomic mass is 16.4. The lowest BCUT2D eigenvalue weighted by molar-refractivity contribution is -0.138. The van der Waals surface area contributed by atoms with Crippen LogP contribution in [0, 0.1) is 0 Å². The van der Waals surface area contributed by atoms with Crippen LogP contribution in [0.25, 0.3) is 0 Å². The van der Waals surface area contributed by atoms with Gasteiger partial charge in [0.25, 0.3) is 0 Å². The molecule has 4 heteroatoms. The van der Waals surface area contributed by atoms with Crippen LogP contribution in [0.3, 0.4) is 0 Å². The zero-order chi connectivity index (χ0) is 8.15. The highest BCUT2D eigenvalue weighted by Crippen LogP contribution is 1.86. The number of aliphatic carboxylic acids is 1. The molecule has 0 unspecified atom stereocenters. The highest BCUT2D eigenvalue weighted by Gasteiger charge is 2.05. The Morgan fingerprint density at radius 3 is 2.50 bits per heavy atom. The van der Waals surface area contributed by atoms with E-state index in [1.807, 2.05) is 0 Å². The minimum atomic E-state index is -0.872. The standard InChI is InChI=1S/C6H13NO3/c1-5(8)3-7(2)4-6(9)10/h5,8H,3-4H2,1-2H3,(H,9,10)/t5-/m1/s1. The van der Waals surface area contributed by atoms with Crippen LogP contribution in [-0.4, -0.2) is 47.3 Å². The molecule has 0 bridgehead atoms. The zero-order valence-corrected chi connectivity index (χ0v) is 6.24. The summed E-state index contributed by atoms with van der Waals surface area (Å²) in [5.41, 5.74) is 0. The minimum absolute atomic E-state index is 0.0229. The maximum absolute atomic E-state index is 10.1. The summed E-state index contributed by atoms with van der Waals surface area (Å²) >= 11 is 0. The number of carboxylic acid groups (broad SMARTS) is 1. The van der Waals surface area contributed by atoms with E-state index in [-0.39, 0.29) is 6.54 Å². The Balaban J connectivity index is 3.43. The molecule has 1 atom stereocenters. The Morgan fingerprint density at radius 1 is 1.70 bits per heavy atom. The fourth-order valence-corrected chi connectivity index (χ4v) is 0.747. The summed E-state index contributed by atoms with van der Waals surface area (Å²) in [5, 5.41) is 17.1. The van der Waals surface area contributed by atoms with Gasteiger partial charge in [-0.1, -0.05) is 0 Å². The molecule has 60 valence electrons. The first-order valence-electron chi connectivity index (χ1n) is 3.10. The molecule has 0 aromatic carbocycles. The molecule has 0 aliphatic rings. The van der Waals surface area contributed by atoms with Crippen molar-refractivity contribution in [3.8, 4) is 0 Å². The van der Waals surface area contributed by atoms with Crippen molar-refractivity contribution in [2.45, 2.75) is 13.0 Å². The number of aliphatic hydroxyl groups is 1. The van der Waals surface area contributed by atoms with Gasteiger partial charge in [-0.25, -0.2) is 0 Å². The van der Waals surface area contributed by atoms with Crippen molar-refractivity contribution >= 4 is 5.97 Å². The van der Waals surface area contributed by atoms with Crippen molar-refractivity contribution in [3.05, 3.63) is 0 Å². The number of rotatable bonds is 4. The van der Waals surface area contributed by atoms with E-state index in [2.05, 4.69) is 0 Å². The third-order valence-electron chi connectivity index (χ3n) is 0.981. The van der Waals surface area contributed by atoms with E-state index in [1.54, 1.807) is 18.9 Å². The maximum Gasteiger partial charge on any atom is 0.317 e. The molecule has 0 aromatic heterocycles. The van der Waals surface area contributed by atoms with Gasteiger partial charge in [0.15, 0.2) is 0 Å². The van der Waals surface area contributed by atoms with Crippen molar-refractivity contribution in [1.82, 2.24) is 4.90 Å². The molecule has 0 spiro atoms. The van der Waals surface area contributed by atoms with Crippen LogP contribution in [0.1, 0.15) is 6.92 Å². The molecule has 0 aliphatic heterocycles. The van der Waals surface area contributed by atoms with Crippen LogP contribution in [0.4, 0.5) is 0 Å². The SMILES string of the molecule is C[C@@H](O)CN(C)CC(=O)O. The molecule has 0 rings (SSSR count). The summed E-state index contributed by atoms with van der Waals surface area (Å²) < 4.78 is 0. The molecule has 10 heavy (non-hydrogen) atoms. The second-order valence-corrected chi connectivity index (χ2v) is 2.44. The summed E-state index contributed by atoms with van der Waals surface area (Å²) in [5.74, 6) is -0.872. The average Bonchev–Trinajstić information content (AvgIpc) is 1.58. The smallest absolute Gasteiger partial charge is 0.317 e. The van der Waals surface area contributed by atoms with Crippen LogP contribution in [0.15, 0.2) is 0 Å². The zero-order valence-electron chi connectivity index (χ0n) is 6.24. The molecule has 0 saturated carbocycles. The number of hydrogen-bond acceptors (Lipinski definition) is 3. The van der Waals surface area contributed by atoms with Gasteiger partial charge in [0.1, 0.15) is 0 Å². The van der Waals surface area contributed by atoms with E-state index >= 15 is 0 Å². The van der Waals surface area contributed by atoms with Crippen LogP contribution in [0.2, 0.25) is 0 Å². The Kier molecular flexibility index (Phi) is 3.99. The molecule has 0 radical (unpaired) electrons. The van der Waals surface area contributed by atoms with Crippen molar-refractivity contribution < 1.29 is 15.0 Å². The molecule has 4 nitrogen and oxygen atoms in total. The van der Waals surface area contributed by atoms with Gasteiger partial charge >= 0.3 is 5.97 Å². The van der Waals surface area contributed by atoms with Crippen LogP contribution in [-0.2, 0) is 4.79 Å². The summed E-state index contributed by atoms with van der Waals surface area (Å²) in [6.45, 7) is 2.00. The van der Waals surface area contributed by atoms with Crippen LogP contribution in [0.5, 0.6) is 0 Å². The van der Waals surface area contributed by atoms with Gasteiger partial charge in [-0.15, -0.1) is 0 Å². The fraction of sp³-hybridized carbons (Fsp3) is 0.833. The monoisotopic (exact) mass is 147 g/mol. The highest BCUT2D eigenvalue weighted by molar-refractivity contribution is 5.68. The first kappa shape index (κ1) is 9.39. The topological polar surface area (TPSA) is 60.8 Å². The molecule has 0 fully saturated rings. The average molecular weight is 147 g/mol. The lowest BCUT2D eigenvalue weighted by atomic mass is 10.4. The Bertz CT molecular complexity index is 114. The van der Waals surface area contributed by atoms with Crippen LogP contribution < -0.4 is 0 Å². The number of aliphatic hydroxyl groups excluding tert-OH is 1. The molecular formula is C6H13NO3.